The molecule has 3 rings (SSSR count). The highest BCUT2D eigenvalue weighted by Gasteiger charge is 2.37. The molecule has 2 aromatic carbocycles. The Labute approximate surface area is 147 Å². The SMILES string of the molecule is O=C(O)C1CCCN1C(c1ccc(Br)cc1)c1ccc(F)cc1F. The van der Waals surface area contributed by atoms with Crippen LogP contribution < -0.4 is 0 Å². The van der Waals surface area contributed by atoms with Gasteiger partial charge in [-0.25, -0.2) is 8.78 Å². The summed E-state index contributed by atoms with van der Waals surface area (Å²) in [5, 5.41) is 9.48. The average Bonchev–Trinajstić information content (AvgIpc) is 3.01. The molecule has 2 atom stereocenters. The molecule has 6 heteroatoms. The first-order chi connectivity index (χ1) is 11.5. The molecule has 0 spiro atoms. The maximum atomic E-state index is 14.4. The van der Waals surface area contributed by atoms with Gasteiger partial charge in [0.2, 0.25) is 0 Å². The highest BCUT2D eigenvalue weighted by molar-refractivity contribution is 9.10. The van der Waals surface area contributed by atoms with Crippen LogP contribution in [0.2, 0.25) is 0 Å². The summed E-state index contributed by atoms with van der Waals surface area (Å²) in [5.74, 6) is -2.24. The Hall–Kier alpha value is -1.79. The molecule has 24 heavy (non-hydrogen) atoms. The second kappa shape index (κ2) is 6.99. The topological polar surface area (TPSA) is 40.5 Å². The van der Waals surface area contributed by atoms with Gasteiger partial charge in [-0.1, -0.05) is 34.1 Å². The van der Waals surface area contributed by atoms with E-state index in [1.807, 2.05) is 24.3 Å². The molecule has 0 saturated carbocycles. The average molecular weight is 396 g/mol. The fraction of sp³-hybridized carbons (Fsp3) is 0.278. The van der Waals surface area contributed by atoms with Gasteiger partial charge in [0.1, 0.15) is 17.7 Å². The molecule has 2 unspecified atom stereocenters. The molecule has 3 nitrogen and oxygen atoms in total. The van der Waals surface area contributed by atoms with Crippen LogP contribution in [0.5, 0.6) is 0 Å². The minimum Gasteiger partial charge on any atom is -0.480 e. The monoisotopic (exact) mass is 395 g/mol. The molecule has 1 N–H and O–H groups in total. The van der Waals surface area contributed by atoms with Gasteiger partial charge in [-0.2, -0.15) is 0 Å². The first-order valence-electron chi connectivity index (χ1n) is 7.66. The van der Waals surface area contributed by atoms with E-state index in [4.69, 9.17) is 0 Å². The molecule has 1 fully saturated rings. The number of carboxylic acid groups (broad SMARTS) is 1. The summed E-state index contributed by atoms with van der Waals surface area (Å²) in [6, 6.07) is 9.51. The highest BCUT2D eigenvalue weighted by Crippen LogP contribution is 2.36. The number of hydrogen-bond donors (Lipinski definition) is 1. The van der Waals surface area contributed by atoms with E-state index in [-0.39, 0.29) is 5.56 Å². The third-order valence-corrected chi connectivity index (χ3v) is 4.88. The maximum absolute atomic E-state index is 14.4. The third-order valence-electron chi connectivity index (χ3n) is 4.35. The number of halogens is 3. The zero-order valence-corrected chi connectivity index (χ0v) is 14.3. The van der Waals surface area contributed by atoms with Gasteiger partial charge in [0.05, 0.1) is 6.04 Å². The standard InChI is InChI=1S/C18H16BrF2NO2/c19-12-5-3-11(4-6-12)17(14-8-7-13(20)10-15(14)21)22-9-1-2-16(22)18(23)24/h3-8,10,16-17H,1-2,9H2,(H,23,24). The van der Waals surface area contributed by atoms with E-state index in [0.717, 1.165) is 22.5 Å². The lowest BCUT2D eigenvalue weighted by molar-refractivity contribution is -0.142. The molecule has 1 aliphatic rings. The summed E-state index contributed by atoms with van der Waals surface area (Å²) in [6.07, 6.45) is 1.25. The van der Waals surface area contributed by atoms with Crippen molar-refractivity contribution >= 4 is 21.9 Å². The number of carbonyl (C=O) groups is 1. The van der Waals surface area contributed by atoms with Crippen LogP contribution in [0.15, 0.2) is 46.9 Å². The van der Waals surface area contributed by atoms with Crippen LogP contribution >= 0.6 is 15.9 Å². The second-order valence-corrected chi connectivity index (χ2v) is 6.77. The van der Waals surface area contributed by atoms with Crippen LogP contribution in [0.1, 0.15) is 30.0 Å². The van der Waals surface area contributed by atoms with Crippen molar-refractivity contribution in [2.24, 2.45) is 0 Å². The molecule has 1 aliphatic heterocycles. The summed E-state index contributed by atoms with van der Waals surface area (Å²) in [7, 11) is 0. The summed E-state index contributed by atoms with van der Waals surface area (Å²) >= 11 is 3.36. The van der Waals surface area contributed by atoms with Crippen molar-refractivity contribution < 1.29 is 18.7 Å². The number of benzene rings is 2. The fourth-order valence-electron chi connectivity index (χ4n) is 3.28. The lowest BCUT2D eigenvalue weighted by Crippen LogP contribution is -2.39. The molecular formula is C18H16BrF2NO2. The molecule has 2 aromatic rings. The summed E-state index contributed by atoms with van der Waals surface area (Å²) in [5.41, 5.74) is 1.06. The van der Waals surface area contributed by atoms with E-state index in [9.17, 15) is 18.7 Å². The van der Waals surface area contributed by atoms with Crippen molar-refractivity contribution in [2.75, 3.05) is 6.54 Å². The Morgan fingerprint density at radius 2 is 1.92 bits per heavy atom. The number of likely N-dealkylation sites (tertiary alicyclic amines) is 1. The first-order valence-corrected chi connectivity index (χ1v) is 8.45. The predicted octanol–water partition coefficient (Wildman–Crippen LogP) is 4.37. The molecule has 0 aliphatic carbocycles. The normalized spacial score (nSPS) is 19.4. The Bertz CT molecular complexity index is 751. The van der Waals surface area contributed by atoms with E-state index >= 15 is 0 Å². The van der Waals surface area contributed by atoms with Gasteiger partial charge in [0, 0.05) is 22.6 Å². The van der Waals surface area contributed by atoms with Crippen LogP contribution in [0, 0.1) is 11.6 Å². The number of carboxylic acids is 1. The van der Waals surface area contributed by atoms with Crippen molar-refractivity contribution in [3.05, 3.63) is 69.7 Å². The van der Waals surface area contributed by atoms with Crippen molar-refractivity contribution in [2.45, 2.75) is 24.9 Å². The number of rotatable bonds is 4. The molecule has 0 bridgehead atoms. The van der Waals surface area contributed by atoms with Gasteiger partial charge in [0.15, 0.2) is 0 Å². The van der Waals surface area contributed by atoms with Crippen molar-refractivity contribution in [3.63, 3.8) is 0 Å². The van der Waals surface area contributed by atoms with Gasteiger partial charge >= 0.3 is 5.97 Å². The first kappa shape index (κ1) is 17.0. The molecule has 0 aromatic heterocycles. The van der Waals surface area contributed by atoms with Gasteiger partial charge in [-0.3, -0.25) is 9.69 Å². The Kier molecular flexibility index (Phi) is 4.96. The quantitative estimate of drug-likeness (QED) is 0.835. The molecule has 126 valence electrons. The minimum absolute atomic E-state index is 0.284. The van der Waals surface area contributed by atoms with Crippen LogP contribution in [0.25, 0.3) is 0 Å². The van der Waals surface area contributed by atoms with E-state index in [1.54, 1.807) is 4.90 Å². The van der Waals surface area contributed by atoms with Gasteiger partial charge < -0.3 is 5.11 Å². The summed E-state index contributed by atoms with van der Waals surface area (Å²) < 4.78 is 28.6. The molecule has 0 amide bonds. The maximum Gasteiger partial charge on any atom is 0.320 e. The van der Waals surface area contributed by atoms with Gasteiger partial charge in [-0.05, 0) is 36.6 Å². The Morgan fingerprint density at radius 1 is 1.21 bits per heavy atom. The third kappa shape index (κ3) is 3.35. The van der Waals surface area contributed by atoms with E-state index in [0.29, 0.717) is 13.0 Å². The fourth-order valence-corrected chi connectivity index (χ4v) is 3.55. The highest BCUT2D eigenvalue weighted by atomic mass is 79.9. The van der Waals surface area contributed by atoms with Gasteiger partial charge in [-0.15, -0.1) is 0 Å². The Morgan fingerprint density at radius 3 is 2.54 bits per heavy atom. The lowest BCUT2D eigenvalue weighted by atomic mass is 9.95. The van der Waals surface area contributed by atoms with E-state index in [1.165, 1.54) is 12.1 Å². The molecule has 0 radical (unpaired) electrons. The summed E-state index contributed by atoms with van der Waals surface area (Å²) in [6.45, 7) is 0.550. The van der Waals surface area contributed by atoms with Crippen LogP contribution in [-0.4, -0.2) is 28.6 Å². The number of aliphatic carboxylic acids is 1. The molecule has 1 heterocycles. The van der Waals surface area contributed by atoms with Crippen LogP contribution in [0.3, 0.4) is 0 Å². The molecule has 1 saturated heterocycles. The number of hydrogen-bond acceptors (Lipinski definition) is 2. The Balaban J connectivity index is 2.10. The smallest absolute Gasteiger partial charge is 0.320 e. The minimum atomic E-state index is -0.919. The largest absolute Gasteiger partial charge is 0.480 e. The zero-order valence-electron chi connectivity index (χ0n) is 12.8. The predicted molar refractivity (Wildman–Crippen MR) is 89.7 cm³/mol. The lowest BCUT2D eigenvalue weighted by Gasteiger charge is -2.32. The van der Waals surface area contributed by atoms with Crippen LogP contribution in [0.4, 0.5) is 8.78 Å². The second-order valence-electron chi connectivity index (χ2n) is 5.85. The number of nitrogens with zero attached hydrogens (tertiary/aromatic N) is 1. The summed E-state index contributed by atoms with van der Waals surface area (Å²) in [4.78, 5) is 13.3. The van der Waals surface area contributed by atoms with Crippen molar-refractivity contribution in [3.8, 4) is 0 Å². The van der Waals surface area contributed by atoms with Crippen molar-refractivity contribution in [1.82, 2.24) is 4.90 Å². The van der Waals surface area contributed by atoms with Crippen LogP contribution in [-0.2, 0) is 4.79 Å². The zero-order chi connectivity index (χ0) is 17.3. The molecular weight excluding hydrogens is 380 g/mol. The van der Waals surface area contributed by atoms with E-state index < -0.39 is 29.7 Å². The van der Waals surface area contributed by atoms with Crippen molar-refractivity contribution in [1.29, 1.82) is 0 Å². The van der Waals surface area contributed by atoms with Gasteiger partial charge in [0.25, 0.3) is 0 Å². The van der Waals surface area contributed by atoms with E-state index in [2.05, 4.69) is 15.9 Å².